The Bertz CT molecular complexity index is 896. The highest BCUT2D eigenvalue weighted by Gasteiger charge is 2.22. The van der Waals surface area contributed by atoms with Gasteiger partial charge in [0.1, 0.15) is 0 Å². The zero-order chi connectivity index (χ0) is 23.0. The monoisotopic (exact) mass is 423 g/mol. The standard InChI is InChI=1S/C27H37NO3/c1-6-7-8-11-23(22-12-9-10-20(15-22)18-29)17-26(31)28-25-16-21(19(2)30)13-14-24(25)27(3,4)5/h9-10,12-16,23,29H,6-8,11,17-18H2,1-5H3,(H,28,31). The maximum atomic E-state index is 13.1. The molecule has 0 saturated heterocycles. The molecule has 0 spiro atoms. The summed E-state index contributed by atoms with van der Waals surface area (Å²) >= 11 is 0. The minimum Gasteiger partial charge on any atom is -0.392 e. The first kappa shape index (κ1) is 24.8. The van der Waals surface area contributed by atoms with E-state index >= 15 is 0 Å². The van der Waals surface area contributed by atoms with Crippen LogP contribution in [0.2, 0.25) is 0 Å². The van der Waals surface area contributed by atoms with Crippen molar-refractivity contribution in [1.29, 1.82) is 0 Å². The number of nitrogens with one attached hydrogen (secondary N) is 1. The highest BCUT2D eigenvalue weighted by molar-refractivity contribution is 5.98. The van der Waals surface area contributed by atoms with E-state index in [2.05, 4.69) is 33.0 Å². The molecule has 0 aromatic heterocycles. The van der Waals surface area contributed by atoms with Gasteiger partial charge >= 0.3 is 0 Å². The molecule has 0 aliphatic rings. The molecule has 0 heterocycles. The Kier molecular flexibility index (Phi) is 9.00. The van der Waals surface area contributed by atoms with Crippen molar-refractivity contribution in [2.45, 2.75) is 84.7 Å². The fourth-order valence-electron chi connectivity index (χ4n) is 3.92. The lowest BCUT2D eigenvalue weighted by Gasteiger charge is -2.24. The van der Waals surface area contributed by atoms with Gasteiger partial charge in [-0.05, 0) is 47.4 Å². The lowest BCUT2D eigenvalue weighted by Crippen LogP contribution is -2.21. The second kappa shape index (κ2) is 11.2. The number of benzene rings is 2. The topological polar surface area (TPSA) is 66.4 Å². The average molecular weight is 424 g/mol. The molecule has 2 N–H and O–H groups in total. The summed E-state index contributed by atoms with van der Waals surface area (Å²) < 4.78 is 0. The molecule has 0 fully saturated rings. The van der Waals surface area contributed by atoms with Crippen LogP contribution < -0.4 is 5.32 Å². The van der Waals surface area contributed by atoms with Gasteiger partial charge in [-0.3, -0.25) is 9.59 Å². The molecule has 1 amide bonds. The van der Waals surface area contributed by atoms with Crippen molar-refractivity contribution < 1.29 is 14.7 Å². The number of unbranched alkanes of at least 4 members (excludes halogenated alkanes) is 2. The number of carbonyl (C=O) groups is 2. The molecular formula is C27H37NO3. The Balaban J connectivity index is 2.27. The molecular weight excluding hydrogens is 386 g/mol. The van der Waals surface area contributed by atoms with Crippen molar-refractivity contribution in [3.05, 3.63) is 64.7 Å². The Morgan fingerprint density at radius 2 is 1.81 bits per heavy atom. The molecule has 0 aliphatic heterocycles. The summed E-state index contributed by atoms with van der Waals surface area (Å²) in [5.74, 6) is 0.0171. The molecule has 1 atom stereocenters. The number of Topliss-reactive ketones (excluding diaryl/α,β-unsaturated/α-hetero) is 1. The molecule has 2 aromatic carbocycles. The Morgan fingerprint density at radius 3 is 2.42 bits per heavy atom. The van der Waals surface area contributed by atoms with Crippen LogP contribution in [0.1, 0.15) is 99.7 Å². The number of hydrogen-bond donors (Lipinski definition) is 2. The molecule has 0 saturated carbocycles. The molecule has 2 rings (SSSR count). The van der Waals surface area contributed by atoms with E-state index in [1.807, 2.05) is 36.4 Å². The van der Waals surface area contributed by atoms with Crippen molar-refractivity contribution >= 4 is 17.4 Å². The third-order valence-corrected chi connectivity index (χ3v) is 5.70. The fraction of sp³-hybridized carbons (Fsp3) is 0.481. The van der Waals surface area contributed by atoms with Gasteiger partial charge in [0.05, 0.1) is 6.61 Å². The second-order valence-corrected chi connectivity index (χ2v) is 9.41. The summed E-state index contributed by atoms with van der Waals surface area (Å²) in [5.41, 5.74) is 4.11. The zero-order valence-electron chi connectivity index (χ0n) is 19.6. The van der Waals surface area contributed by atoms with Crippen LogP contribution in [0.5, 0.6) is 0 Å². The van der Waals surface area contributed by atoms with Crippen LogP contribution in [0.4, 0.5) is 5.69 Å². The van der Waals surface area contributed by atoms with E-state index in [0.717, 1.165) is 42.4 Å². The minimum absolute atomic E-state index is 0.00546. The fourth-order valence-corrected chi connectivity index (χ4v) is 3.92. The van der Waals surface area contributed by atoms with Crippen molar-refractivity contribution in [3.8, 4) is 0 Å². The van der Waals surface area contributed by atoms with Crippen LogP contribution in [-0.2, 0) is 16.8 Å². The van der Waals surface area contributed by atoms with Crippen LogP contribution >= 0.6 is 0 Å². The SMILES string of the molecule is CCCCCC(CC(=O)Nc1cc(C(C)=O)ccc1C(C)(C)C)c1cccc(CO)c1. The van der Waals surface area contributed by atoms with Gasteiger partial charge in [-0.2, -0.15) is 0 Å². The Hall–Kier alpha value is -2.46. The van der Waals surface area contributed by atoms with Crippen LogP contribution in [0.25, 0.3) is 0 Å². The lowest BCUT2D eigenvalue weighted by atomic mass is 9.84. The van der Waals surface area contributed by atoms with Crippen LogP contribution in [0.3, 0.4) is 0 Å². The van der Waals surface area contributed by atoms with Gasteiger partial charge < -0.3 is 10.4 Å². The number of hydrogen-bond acceptors (Lipinski definition) is 3. The maximum Gasteiger partial charge on any atom is 0.224 e. The summed E-state index contributed by atoms with van der Waals surface area (Å²) in [6.07, 6.45) is 4.61. The quantitative estimate of drug-likeness (QED) is 0.344. The van der Waals surface area contributed by atoms with Gasteiger partial charge in [-0.1, -0.05) is 83.4 Å². The number of carbonyl (C=O) groups excluding carboxylic acids is 2. The van der Waals surface area contributed by atoms with Gasteiger partial charge in [0.2, 0.25) is 5.91 Å². The van der Waals surface area contributed by atoms with E-state index in [0.29, 0.717) is 17.7 Å². The van der Waals surface area contributed by atoms with Crippen molar-refractivity contribution in [2.75, 3.05) is 5.32 Å². The van der Waals surface area contributed by atoms with E-state index in [4.69, 9.17) is 0 Å². The minimum atomic E-state index is -0.159. The number of rotatable bonds is 10. The van der Waals surface area contributed by atoms with Gasteiger partial charge in [-0.25, -0.2) is 0 Å². The highest BCUT2D eigenvalue weighted by Crippen LogP contribution is 2.32. The second-order valence-electron chi connectivity index (χ2n) is 9.41. The highest BCUT2D eigenvalue weighted by atomic mass is 16.3. The first-order chi connectivity index (χ1) is 14.7. The number of anilines is 1. The third-order valence-electron chi connectivity index (χ3n) is 5.70. The summed E-state index contributed by atoms with van der Waals surface area (Å²) in [4.78, 5) is 25.0. The number of aliphatic hydroxyl groups is 1. The molecule has 2 aromatic rings. The van der Waals surface area contributed by atoms with E-state index in [-0.39, 0.29) is 29.6 Å². The predicted molar refractivity (Wildman–Crippen MR) is 128 cm³/mol. The van der Waals surface area contributed by atoms with Crippen molar-refractivity contribution in [1.82, 2.24) is 0 Å². The van der Waals surface area contributed by atoms with E-state index in [1.165, 1.54) is 6.92 Å². The van der Waals surface area contributed by atoms with Gasteiger partial charge in [0.25, 0.3) is 0 Å². The molecule has 0 aliphatic carbocycles. The normalized spacial score (nSPS) is 12.5. The average Bonchev–Trinajstić information content (AvgIpc) is 2.72. The zero-order valence-corrected chi connectivity index (χ0v) is 19.6. The largest absolute Gasteiger partial charge is 0.392 e. The summed E-state index contributed by atoms with van der Waals surface area (Å²) in [5, 5.41) is 12.6. The molecule has 1 unspecified atom stereocenters. The summed E-state index contributed by atoms with van der Waals surface area (Å²) in [6.45, 7) is 9.99. The van der Waals surface area contributed by atoms with Crippen molar-refractivity contribution in [2.24, 2.45) is 0 Å². The Morgan fingerprint density at radius 1 is 1.06 bits per heavy atom. The van der Waals surface area contributed by atoms with Crippen LogP contribution in [-0.4, -0.2) is 16.8 Å². The van der Waals surface area contributed by atoms with E-state index < -0.39 is 0 Å². The molecule has 0 bridgehead atoms. The molecule has 31 heavy (non-hydrogen) atoms. The Labute approximate surface area is 187 Å². The molecule has 168 valence electrons. The number of amides is 1. The summed E-state index contributed by atoms with van der Waals surface area (Å²) in [7, 11) is 0. The summed E-state index contributed by atoms with van der Waals surface area (Å²) in [6, 6.07) is 13.4. The molecule has 4 nitrogen and oxygen atoms in total. The third kappa shape index (κ3) is 7.32. The lowest BCUT2D eigenvalue weighted by molar-refractivity contribution is -0.116. The molecule has 0 radical (unpaired) electrons. The smallest absolute Gasteiger partial charge is 0.224 e. The van der Waals surface area contributed by atoms with Crippen molar-refractivity contribution in [3.63, 3.8) is 0 Å². The number of aliphatic hydroxyl groups excluding tert-OH is 1. The van der Waals surface area contributed by atoms with Crippen LogP contribution in [0.15, 0.2) is 42.5 Å². The maximum absolute atomic E-state index is 13.1. The van der Waals surface area contributed by atoms with Gasteiger partial charge in [0.15, 0.2) is 5.78 Å². The predicted octanol–water partition coefficient (Wildman–Crippen LogP) is 6.37. The van der Waals surface area contributed by atoms with E-state index in [9.17, 15) is 14.7 Å². The number of ketones is 1. The first-order valence-electron chi connectivity index (χ1n) is 11.3. The van der Waals surface area contributed by atoms with Gasteiger partial charge in [0, 0.05) is 17.7 Å². The first-order valence-corrected chi connectivity index (χ1v) is 11.3. The molecule has 4 heteroatoms. The van der Waals surface area contributed by atoms with Crippen LogP contribution in [0, 0.1) is 0 Å². The van der Waals surface area contributed by atoms with Gasteiger partial charge in [-0.15, -0.1) is 0 Å². The van der Waals surface area contributed by atoms with E-state index in [1.54, 1.807) is 6.07 Å².